The third-order valence-corrected chi connectivity index (χ3v) is 5.95. The fraction of sp³-hybridized carbons (Fsp3) is 0.136. The molecule has 10 heteroatoms. The molecule has 0 bridgehead atoms. The van der Waals surface area contributed by atoms with Gasteiger partial charge in [0.15, 0.2) is 6.61 Å². The molecule has 0 saturated heterocycles. The zero-order valence-corrected chi connectivity index (χ0v) is 18.2. The first kappa shape index (κ1) is 22.8. The second-order valence-corrected chi connectivity index (χ2v) is 8.67. The second kappa shape index (κ2) is 9.48. The van der Waals surface area contributed by atoms with E-state index < -0.39 is 20.9 Å². The zero-order valence-electron chi connectivity index (χ0n) is 17.4. The molecule has 0 aliphatic rings. The lowest BCUT2D eigenvalue weighted by atomic mass is 10.1. The summed E-state index contributed by atoms with van der Waals surface area (Å²) in [6, 6.07) is 16.6. The highest BCUT2D eigenvalue weighted by Crippen LogP contribution is 2.24. The van der Waals surface area contributed by atoms with Gasteiger partial charge in [-0.15, -0.1) is 0 Å². The molecule has 0 unspecified atom stereocenters. The van der Waals surface area contributed by atoms with Crippen molar-refractivity contribution >= 4 is 33.0 Å². The first-order valence-corrected chi connectivity index (χ1v) is 11.0. The van der Waals surface area contributed by atoms with E-state index in [9.17, 15) is 23.3 Å². The van der Waals surface area contributed by atoms with Crippen molar-refractivity contribution in [3.8, 4) is 5.75 Å². The van der Waals surface area contributed by atoms with E-state index in [-0.39, 0.29) is 17.2 Å². The van der Waals surface area contributed by atoms with Crippen LogP contribution in [0.4, 0.5) is 17.1 Å². The van der Waals surface area contributed by atoms with E-state index >= 15 is 0 Å². The SMILES string of the molecule is Cc1cccc(C)c1NS(=O)(=O)c1ccc(NC(=O)COc2ccc([N+](=O)[O-])cc2)cc1. The van der Waals surface area contributed by atoms with Crippen LogP contribution in [0.1, 0.15) is 11.1 Å². The van der Waals surface area contributed by atoms with Crippen LogP contribution < -0.4 is 14.8 Å². The van der Waals surface area contributed by atoms with Crippen molar-refractivity contribution in [1.29, 1.82) is 0 Å². The Morgan fingerprint density at radius 2 is 1.56 bits per heavy atom. The molecule has 0 aliphatic heterocycles. The number of non-ortho nitro benzene ring substituents is 1. The lowest BCUT2D eigenvalue weighted by molar-refractivity contribution is -0.384. The molecular formula is C22H21N3O6S. The van der Waals surface area contributed by atoms with Gasteiger partial charge in [-0.2, -0.15) is 0 Å². The molecule has 0 atom stereocenters. The second-order valence-electron chi connectivity index (χ2n) is 6.98. The number of ether oxygens (including phenoxy) is 1. The summed E-state index contributed by atoms with van der Waals surface area (Å²) in [5.74, 6) is -0.155. The number of nitro benzene ring substituents is 1. The number of amides is 1. The third-order valence-electron chi connectivity index (χ3n) is 4.58. The first-order valence-electron chi connectivity index (χ1n) is 9.52. The normalized spacial score (nSPS) is 10.9. The van der Waals surface area contributed by atoms with Gasteiger partial charge in [0, 0.05) is 17.8 Å². The summed E-state index contributed by atoms with van der Waals surface area (Å²) in [5, 5.41) is 13.2. The number of carbonyl (C=O) groups excluding carboxylic acids is 1. The van der Waals surface area contributed by atoms with E-state index in [0.717, 1.165) is 11.1 Å². The Bertz CT molecular complexity index is 1220. The Hall–Kier alpha value is -3.92. The van der Waals surface area contributed by atoms with Gasteiger partial charge in [0.1, 0.15) is 5.75 Å². The average Bonchev–Trinajstić information content (AvgIpc) is 2.76. The lowest BCUT2D eigenvalue weighted by Gasteiger charge is -2.13. The molecule has 0 aromatic heterocycles. The summed E-state index contributed by atoms with van der Waals surface area (Å²) in [4.78, 5) is 22.3. The van der Waals surface area contributed by atoms with Crippen molar-refractivity contribution in [2.24, 2.45) is 0 Å². The highest BCUT2D eigenvalue weighted by molar-refractivity contribution is 7.92. The summed E-state index contributed by atoms with van der Waals surface area (Å²) in [5.41, 5.74) is 2.47. The van der Waals surface area contributed by atoms with Crippen molar-refractivity contribution in [2.75, 3.05) is 16.6 Å². The number of nitrogens with zero attached hydrogens (tertiary/aromatic N) is 1. The van der Waals surface area contributed by atoms with Gasteiger partial charge in [-0.05, 0) is 61.4 Å². The van der Waals surface area contributed by atoms with Crippen molar-refractivity contribution in [1.82, 2.24) is 0 Å². The summed E-state index contributed by atoms with van der Waals surface area (Å²) < 4.78 is 33.3. The number of hydrogen-bond donors (Lipinski definition) is 2. The van der Waals surface area contributed by atoms with Crippen LogP contribution >= 0.6 is 0 Å². The molecule has 32 heavy (non-hydrogen) atoms. The lowest BCUT2D eigenvalue weighted by Crippen LogP contribution is -2.20. The Balaban J connectivity index is 1.60. The van der Waals surface area contributed by atoms with Gasteiger partial charge < -0.3 is 10.1 Å². The van der Waals surface area contributed by atoms with Crippen molar-refractivity contribution < 1.29 is 22.9 Å². The van der Waals surface area contributed by atoms with Crippen LogP contribution in [0.15, 0.2) is 71.6 Å². The van der Waals surface area contributed by atoms with Crippen LogP contribution in [-0.4, -0.2) is 25.9 Å². The molecule has 1 amide bonds. The molecule has 3 aromatic rings. The molecule has 0 radical (unpaired) electrons. The summed E-state index contributed by atoms with van der Waals surface area (Å²) in [7, 11) is -3.79. The van der Waals surface area contributed by atoms with Gasteiger partial charge >= 0.3 is 0 Å². The van der Waals surface area contributed by atoms with E-state index in [4.69, 9.17) is 4.74 Å². The molecule has 0 aliphatic carbocycles. The zero-order chi connectivity index (χ0) is 23.3. The van der Waals surface area contributed by atoms with Gasteiger partial charge in [-0.1, -0.05) is 18.2 Å². The molecule has 0 spiro atoms. The number of carbonyl (C=O) groups is 1. The fourth-order valence-corrected chi connectivity index (χ4v) is 4.10. The third kappa shape index (κ3) is 5.61. The Morgan fingerprint density at radius 1 is 0.969 bits per heavy atom. The number of aryl methyl sites for hydroxylation is 2. The number of benzene rings is 3. The van der Waals surface area contributed by atoms with Crippen LogP contribution in [-0.2, 0) is 14.8 Å². The van der Waals surface area contributed by atoms with Gasteiger partial charge in [0.2, 0.25) is 0 Å². The van der Waals surface area contributed by atoms with E-state index in [1.807, 2.05) is 32.0 Å². The number of sulfonamides is 1. The number of para-hydroxylation sites is 1. The van der Waals surface area contributed by atoms with E-state index in [2.05, 4.69) is 10.0 Å². The van der Waals surface area contributed by atoms with Crippen molar-refractivity contribution in [3.63, 3.8) is 0 Å². The van der Waals surface area contributed by atoms with Crippen LogP contribution in [0.25, 0.3) is 0 Å². The van der Waals surface area contributed by atoms with Gasteiger partial charge in [0.05, 0.1) is 15.5 Å². The van der Waals surface area contributed by atoms with Crippen LogP contribution in [0.5, 0.6) is 5.75 Å². The Kier molecular flexibility index (Phi) is 6.74. The number of anilines is 2. The fourth-order valence-electron chi connectivity index (χ4n) is 2.90. The molecule has 3 aromatic carbocycles. The minimum Gasteiger partial charge on any atom is -0.484 e. The van der Waals surface area contributed by atoms with Gasteiger partial charge in [0.25, 0.3) is 21.6 Å². The Morgan fingerprint density at radius 3 is 2.12 bits per heavy atom. The van der Waals surface area contributed by atoms with E-state index in [1.54, 1.807) is 0 Å². The van der Waals surface area contributed by atoms with Gasteiger partial charge in [-0.3, -0.25) is 19.6 Å². The number of rotatable bonds is 8. The summed E-state index contributed by atoms with van der Waals surface area (Å²) in [6.07, 6.45) is 0. The van der Waals surface area contributed by atoms with E-state index in [0.29, 0.717) is 17.1 Å². The maximum Gasteiger partial charge on any atom is 0.269 e. The minimum atomic E-state index is -3.79. The maximum absolute atomic E-state index is 12.7. The standard InChI is InChI=1S/C22H21N3O6S/c1-15-4-3-5-16(2)22(15)24-32(29,30)20-12-6-17(7-13-20)23-21(26)14-31-19-10-8-18(9-11-19)25(27)28/h3-13,24H,14H2,1-2H3,(H,23,26). The highest BCUT2D eigenvalue weighted by Gasteiger charge is 2.17. The van der Waals surface area contributed by atoms with Crippen LogP contribution in [0.3, 0.4) is 0 Å². The van der Waals surface area contributed by atoms with Crippen LogP contribution in [0, 0.1) is 24.0 Å². The molecule has 166 valence electrons. The predicted molar refractivity (Wildman–Crippen MR) is 120 cm³/mol. The van der Waals surface area contributed by atoms with Crippen molar-refractivity contribution in [2.45, 2.75) is 18.7 Å². The quantitative estimate of drug-likeness (QED) is 0.390. The minimum absolute atomic E-state index is 0.0558. The first-order chi connectivity index (χ1) is 15.2. The van der Waals surface area contributed by atoms with Crippen LogP contribution in [0.2, 0.25) is 0 Å². The predicted octanol–water partition coefficient (Wildman–Crippen LogP) is 4.03. The van der Waals surface area contributed by atoms with E-state index in [1.165, 1.54) is 48.5 Å². The number of nitro groups is 1. The maximum atomic E-state index is 12.7. The molecule has 3 rings (SSSR count). The number of hydrogen-bond acceptors (Lipinski definition) is 6. The Labute approximate surface area is 185 Å². The molecule has 0 fully saturated rings. The smallest absolute Gasteiger partial charge is 0.269 e. The highest BCUT2D eigenvalue weighted by atomic mass is 32.2. The molecule has 9 nitrogen and oxygen atoms in total. The molecular weight excluding hydrogens is 434 g/mol. The average molecular weight is 455 g/mol. The van der Waals surface area contributed by atoms with Crippen molar-refractivity contribution in [3.05, 3.63) is 88.0 Å². The number of nitrogens with one attached hydrogen (secondary N) is 2. The molecule has 2 N–H and O–H groups in total. The molecule has 0 saturated carbocycles. The topological polar surface area (TPSA) is 128 Å². The van der Waals surface area contributed by atoms with Gasteiger partial charge in [-0.25, -0.2) is 8.42 Å². The molecule has 0 heterocycles. The largest absolute Gasteiger partial charge is 0.484 e. The summed E-state index contributed by atoms with van der Waals surface area (Å²) in [6.45, 7) is 3.33. The summed E-state index contributed by atoms with van der Waals surface area (Å²) >= 11 is 0. The monoisotopic (exact) mass is 455 g/mol.